The van der Waals surface area contributed by atoms with Gasteiger partial charge in [-0.1, -0.05) is 20.3 Å². The highest BCUT2D eigenvalue weighted by Crippen LogP contribution is 2.15. The fourth-order valence-electron chi connectivity index (χ4n) is 1.81. The van der Waals surface area contributed by atoms with E-state index in [2.05, 4.69) is 5.32 Å². The quantitative estimate of drug-likeness (QED) is 0.723. The number of hydrogen-bond donors (Lipinski definition) is 1. The third-order valence-corrected chi connectivity index (χ3v) is 3.27. The van der Waals surface area contributed by atoms with Gasteiger partial charge in [0, 0.05) is 6.61 Å². The molecule has 1 heterocycles. The van der Waals surface area contributed by atoms with E-state index < -0.39 is 6.04 Å². The first-order valence-electron chi connectivity index (χ1n) is 6.06. The minimum absolute atomic E-state index is 0.0636. The van der Waals surface area contributed by atoms with Gasteiger partial charge in [0.2, 0.25) is 5.91 Å². The summed E-state index contributed by atoms with van der Waals surface area (Å²) in [5.74, 6) is -0.565. The highest BCUT2D eigenvalue weighted by Gasteiger charge is 2.31. The molecule has 17 heavy (non-hydrogen) atoms. The molecule has 0 aromatic heterocycles. The molecule has 0 radical (unpaired) electrons. The van der Waals surface area contributed by atoms with Gasteiger partial charge in [-0.25, -0.2) is 4.79 Å². The van der Waals surface area contributed by atoms with Crippen LogP contribution in [-0.2, 0) is 19.1 Å². The largest absolute Gasteiger partial charge is 0.467 e. The smallest absolute Gasteiger partial charge is 0.328 e. The van der Waals surface area contributed by atoms with Crippen LogP contribution in [0.3, 0.4) is 0 Å². The Bertz CT molecular complexity index is 274. The van der Waals surface area contributed by atoms with E-state index in [1.54, 1.807) is 0 Å². The molecule has 0 spiro atoms. The van der Waals surface area contributed by atoms with E-state index in [0.717, 1.165) is 12.8 Å². The van der Waals surface area contributed by atoms with Crippen LogP contribution in [0.4, 0.5) is 0 Å². The van der Waals surface area contributed by atoms with Crippen molar-refractivity contribution in [2.75, 3.05) is 20.3 Å². The van der Waals surface area contributed by atoms with Crippen molar-refractivity contribution in [3.63, 3.8) is 0 Å². The fourth-order valence-corrected chi connectivity index (χ4v) is 1.81. The molecular formula is C12H21NO4. The van der Waals surface area contributed by atoms with Crippen LogP contribution in [0, 0.1) is 11.8 Å². The van der Waals surface area contributed by atoms with Crippen LogP contribution in [0.1, 0.15) is 26.7 Å². The molecule has 0 unspecified atom stereocenters. The molecule has 0 aromatic rings. The Labute approximate surface area is 102 Å². The maximum absolute atomic E-state index is 11.9. The minimum atomic E-state index is -0.557. The van der Waals surface area contributed by atoms with Crippen molar-refractivity contribution >= 4 is 11.9 Å². The van der Waals surface area contributed by atoms with Crippen molar-refractivity contribution in [3.8, 4) is 0 Å². The van der Waals surface area contributed by atoms with E-state index in [1.165, 1.54) is 7.11 Å². The summed E-state index contributed by atoms with van der Waals surface area (Å²) in [7, 11) is 1.34. The van der Waals surface area contributed by atoms with Crippen molar-refractivity contribution in [2.24, 2.45) is 11.8 Å². The summed E-state index contributed by atoms with van der Waals surface area (Å²) in [6.45, 7) is 4.96. The lowest BCUT2D eigenvalue weighted by atomic mass is 9.98. The van der Waals surface area contributed by atoms with Gasteiger partial charge in [-0.3, -0.25) is 4.79 Å². The lowest BCUT2D eigenvalue weighted by molar-refractivity contribution is -0.147. The summed E-state index contributed by atoms with van der Waals surface area (Å²) in [6, 6.07) is -0.557. The summed E-state index contributed by atoms with van der Waals surface area (Å²) in [6.07, 6.45) is 1.53. The lowest BCUT2D eigenvalue weighted by Crippen LogP contribution is -2.47. The normalized spacial score (nSPS) is 22.9. The number of hydrogen-bond acceptors (Lipinski definition) is 4. The molecule has 1 amide bonds. The SMILES string of the molecule is CC[C@@H](C)[C@@H](NC(=O)[C@@H]1CCOC1)C(=O)OC. The highest BCUT2D eigenvalue weighted by atomic mass is 16.5. The first-order valence-corrected chi connectivity index (χ1v) is 6.06. The van der Waals surface area contributed by atoms with Gasteiger partial charge in [0.05, 0.1) is 19.6 Å². The predicted molar refractivity (Wildman–Crippen MR) is 62.3 cm³/mol. The topological polar surface area (TPSA) is 64.6 Å². The van der Waals surface area contributed by atoms with Crippen molar-refractivity contribution in [1.29, 1.82) is 0 Å². The standard InChI is InChI=1S/C12H21NO4/c1-4-8(2)10(12(15)16-3)13-11(14)9-5-6-17-7-9/h8-10H,4-7H2,1-3H3,(H,13,14)/t8-,9-,10-/m1/s1. The van der Waals surface area contributed by atoms with Gasteiger partial charge in [-0.05, 0) is 12.3 Å². The molecule has 5 heteroatoms. The van der Waals surface area contributed by atoms with Gasteiger partial charge in [0.1, 0.15) is 6.04 Å². The molecule has 1 N–H and O–H groups in total. The molecule has 0 aliphatic carbocycles. The number of esters is 1. The third kappa shape index (κ3) is 3.70. The van der Waals surface area contributed by atoms with Crippen molar-refractivity contribution < 1.29 is 19.1 Å². The number of rotatable bonds is 5. The molecule has 5 nitrogen and oxygen atoms in total. The van der Waals surface area contributed by atoms with Crippen LogP contribution < -0.4 is 5.32 Å². The first kappa shape index (κ1) is 14.0. The Kier molecular flexibility index (Phi) is 5.41. The van der Waals surface area contributed by atoms with Crippen LogP contribution in [0.25, 0.3) is 0 Å². The van der Waals surface area contributed by atoms with Gasteiger partial charge >= 0.3 is 5.97 Å². The number of amides is 1. The van der Waals surface area contributed by atoms with E-state index in [0.29, 0.717) is 13.2 Å². The van der Waals surface area contributed by atoms with Crippen LogP contribution in [-0.4, -0.2) is 38.2 Å². The fraction of sp³-hybridized carbons (Fsp3) is 0.833. The number of methoxy groups -OCH3 is 1. The van der Waals surface area contributed by atoms with Crippen molar-refractivity contribution in [1.82, 2.24) is 5.32 Å². The Morgan fingerprint density at radius 1 is 1.53 bits per heavy atom. The first-order chi connectivity index (χ1) is 8.10. The van der Waals surface area contributed by atoms with E-state index in [9.17, 15) is 9.59 Å². The molecule has 0 bridgehead atoms. The second-order valence-electron chi connectivity index (χ2n) is 4.46. The number of carbonyl (C=O) groups is 2. The molecule has 1 rings (SSSR count). The van der Waals surface area contributed by atoms with Crippen molar-refractivity contribution in [3.05, 3.63) is 0 Å². The zero-order valence-corrected chi connectivity index (χ0v) is 10.7. The third-order valence-electron chi connectivity index (χ3n) is 3.27. The van der Waals surface area contributed by atoms with Gasteiger partial charge < -0.3 is 14.8 Å². The molecule has 1 aliphatic heterocycles. The number of ether oxygens (including phenoxy) is 2. The molecule has 1 aliphatic rings. The molecule has 3 atom stereocenters. The van der Waals surface area contributed by atoms with Crippen LogP contribution in [0.15, 0.2) is 0 Å². The molecule has 1 fully saturated rings. The summed E-state index contributed by atoms with van der Waals surface area (Å²) in [4.78, 5) is 23.5. The Morgan fingerprint density at radius 2 is 2.24 bits per heavy atom. The van der Waals surface area contributed by atoms with Gasteiger partial charge in [-0.15, -0.1) is 0 Å². The van der Waals surface area contributed by atoms with E-state index in [4.69, 9.17) is 9.47 Å². The van der Waals surface area contributed by atoms with E-state index in [1.807, 2.05) is 13.8 Å². The van der Waals surface area contributed by atoms with E-state index in [-0.39, 0.29) is 23.7 Å². The number of nitrogens with one attached hydrogen (secondary N) is 1. The summed E-state index contributed by atoms with van der Waals surface area (Å²) in [5, 5.41) is 2.77. The Morgan fingerprint density at radius 3 is 2.71 bits per heavy atom. The maximum atomic E-state index is 11.9. The molecule has 0 saturated carbocycles. The molecule has 0 aromatic carbocycles. The maximum Gasteiger partial charge on any atom is 0.328 e. The molecule has 98 valence electrons. The zero-order chi connectivity index (χ0) is 12.8. The van der Waals surface area contributed by atoms with Gasteiger partial charge in [0.15, 0.2) is 0 Å². The van der Waals surface area contributed by atoms with Gasteiger partial charge in [0.25, 0.3) is 0 Å². The Hall–Kier alpha value is -1.10. The van der Waals surface area contributed by atoms with Gasteiger partial charge in [-0.2, -0.15) is 0 Å². The monoisotopic (exact) mass is 243 g/mol. The minimum Gasteiger partial charge on any atom is -0.467 e. The summed E-state index contributed by atoms with van der Waals surface area (Å²) < 4.78 is 9.87. The lowest BCUT2D eigenvalue weighted by Gasteiger charge is -2.23. The van der Waals surface area contributed by atoms with Crippen molar-refractivity contribution in [2.45, 2.75) is 32.7 Å². The highest BCUT2D eigenvalue weighted by molar-refractivity contribution is 5.86. The van der Waals surface area contributed by atoms with Crippen LogP contribution >= 0.6 is 0 Å². The summed E-state index contributed by atoms with van der Waals surface area (Å²) >= 11 is 0. The van der Waals surface area contributed by atoms with E-state index >= 15 is 0 Å². The average Bonchev–Trinajstić information content (AvgIpc) is 2.87. The number of carbonyl (C=O) groups excluding carboxylic acids is 2. The Balaban J connectivity index is 2.58. The molecular weight excluding hydrogens is 222 g/mol. The van der Waals surface area contributed by atoms with Crippen LogP contribution in [0.5, 0.6) is 0 Å². The second-order valence-corrected chi connectivity index (χ2v) is 4.46. The predicted octanol–water partition coefficient (Wildman–Crippen LogP) is 0.727. The van der Waals surface area contributed by atoms with Crippen LogP contribution in [0.2, 0.25) is 0 Å². The summed E-state index contributed by atoms with van der Waals surface area (Å²) in [5.41, 5.74) is 0. The average molecular weight is 243 g/mol. The second kappa shape index (κ2) is 6.59. The zero-order valence-electron chi connectivity index (χ0n) is 10.7. The molecule has 1 saturated heterocycles.